The Labute approximate surface area is 114 Å². The molecular weight excluding hydrogens is 268 g/mol. The van der Waals surface area contributed by atoms with Crippen LogP contribution in [-0.2, 0) is 11.2 Å². The van der Waals surface area contributed by atoms with Gasteiger partial charge in [0.1, 0.15) is 11.3 Å². The molecule has 1 amide bonds. The zero-order valence-electron chi connectivity index (χ0n) is 10.9. The average Bonchev–Trinajstić information content (AvgIpc) is 2.62. The molecule has 7 heteroatoms. The summed E-state index contributed by atoms with van der Waals surface area (Å²) in [7, 11) is 0. The first-order valence-electron chi connectivity index (χ1n) is 6.09. The second kappa shape index (κ2) is 5.44. The van der Waals surface area contributed by atoms with E-state index in [2.05, 4.69) is 15.0 Å². The van der Waals surface area contributed by atoms with Crippen LogP contribution in [0.3, 0.4) is 0 Å². The van der Waals surface area contributed by atoms with E-state index in [-0.39, 0.29) is 17.6 Å². The fourth-order valence-electron chi connectivity index (χ4n) is 1.99. The highest BCUT2D eigenvalue weighted by molar-refractivity contribution is 6.06. The summed E-state index contributed by atoms with van der Waals surface area (Å²) in [5.74, 6) is 0.00155. The molecule has 0 fully saturated rings. The number of aliphatic imine (C=N–C) groups is 1. The van der Waals surface area contributed by atoms with Gasteiger partial charge in [-0.2, -0.15) is 8.78 Å². The molecule has 1 aliphatic rings. The van der Waals surface area contributed by atoms with E-state index in [1.165, 1.54) is 12.1 Å². The Morgan fingerprint density at radius 3 is 2.55 bits per heavy atom. The summed E-state index contributed by atoms with van der Waals surface area (Å²) in [4.78, 5) is 15.8. The number of benzene rings is 1. The maximum atomic E-state index is 12.0. The van der Waals surface area contributed by atoms with Gasteiger partial charge in [-0.3, -0.25) is 10.1 Å². The number of amides is 1. The number of carbonyl (C=O) groups is 1. The number of alkyl halides is 2. The molecular formula is C13H15F2N3O2. The van der Waals surface area contributed by atoms with Crippen molar-refractivity contribution in [3.63, 3.8) is 0 Å². The molecule has 1 unspecified atom stereocenters. The van der Waals surface area contributed by atoms with E-state index in [1.807, 2.05) is 0 Å². The minimum atomic E-state index is -2.83. The molecule has 0 spiro atoms. The lowest BCUT2D eigenvalue weighted by atomic mass is 9.94. The van der Waals surface area contributed by atoms with Crippen molar-refractivity contribution in [2.24, 2.45) is 10.7 Å². The van der Waals surface area contributed by atoms with Crippen LogP contribution >= 0.6 is 0 Å². The van der Waals surface area contributed by atoms with E-state index in [0.717, 1.165) is 5.56 Å². The second-order valence-electron chi connectivity index (χ2n) is 4.75. The number of carbonyl (C=O) groups excluding carboxylic acids is 1. The van der Waals surface area contributed by atoms with E-state index in [0.29, 0.717) is 12.8 Å². The summed E-state index contributed by atoms with van der Waals surface area (Å²) in [6.45, 7) is -1.13. The first-order valence-corrected chi connectivity index (χ1v) is 6.09. The normalized spacial score (nSPS) is 21.8. The maximum Gasteiger partial charge on any atom is 0.387 e. The summed E-state index contributed by atoms with van der Waals surface area (Å²) >= 11 is 0. The second-order valence-corrected chi connectivity index (χ2v) is 4.75. The van der Waals surface area contributed by atoms with Gasteiger partial charge in [0.05, 0.1) is 0 Å². The Bertz CT molecular complexity index is 531. The number of nitrogens with two attached hydrogens (primary N) is 1. The Balaban J connectivity index is 1.96. The number of aryl methyl sites for hydroxylation is 1. The van der Waals surface area contributed by atoms with Gasteiger partial charge in [0.25, 0.3) is 5.91 Å². The molecule has 0 saturated carbocycles. The van der Waals surface area contributed by atoms with Gasteiger partial charge in [0, 0.05) is 0 Å². The van der Waals surface area contributed by atoms with Crippen molar-refractivity contribution in [2.45, 2.75) is 31.9 Å². The van der Waals surface area contributed by atoms with Crippen molar-refractivity contribution in [1.82, 2.24) is 5.32 Å². The molecule has 1 aliphatic heterocycles. The molecule has 0 aromatic heterocycles. The van der Waals surface area contributed by atoms with Crippen LogP contribution in [0, 0.1) is 0 Å². The van der Waals surface area contributed by atoms with Crippen LogP contribution in [0.1, 0.15) is 18.9 Å². The minimum absolute atomic E-state index is 0.107. The number of nitrogens with one attached hydrogen (secondary N) is 1. The molecule has 2 rings (SSSR count). The van der Waals surface area contributed by atoms with Crippen LogP contribution in [0.25, 0.3) is 0 Å². The molecule has 0 radical (unpaired) electrons. The fourth-order valence-corrected chi connectivity index (χ4v) is 1.99. The Kier molecular flexibility index (Phi) is 3.87. The quantitative estimate of drug-likeness (QED) is 0.858. The van der Waals surface area contributed by atoms with Crippen LogP contribution in [0.4, 0.5) is 8.78 Å². The van der Waals surface area contributed by atoms with Crippen LogP contribution in [0.5, 0.6) is 5.75 Å². The molecule has 0 aliphatic carbocycles. The van der Waals surface area contributed by atoms with Crippen LogP contribution in [0.15, 0.2) is 29.3 Å². The molecule has 108 valence electrons. The van der Waals surface area contributed by atoms with Crippen molar-refractivity contribution in [3.8, 4) is 5.75 Å². The van der Waals surface area contributed by atoms with Crippen molar-refractivity contribution < 1.29 is 18.3 Å². The predicted molar refractivity (Wildman–Crippen MR) is 69.6 cm³/mol. The number of rotatable bonds is 5. The van der Waals surface area contributed by atoms with Crippen molar-refractivity contribution in [3.05, 3.63) is 29.8 Å². The summed E-state index contributed by atoms with van der Waals surface area (Å²) in [5.41, 5.74) is 5.50. The maximum absolute atomic E-state index is 12.0. The van der Waals surface area contributed by atoms with Crippen LogP contribution < -0.4 is 15.8 Å². The highest BCUT2D eigenvalue weighted by atomic mass is 19.3. The Morgan fingerprint density at radius 2 is 2.05 bits per heavy atom. The van der Waals surface area contributed by atoms with Crippen molar-refractivity contribution in [2.75, 3.05) is 0 Å². The molecule has 3 N–H and O–H groups in total. The number of hydrogen-bond donors (Lipinski definition) is 2. The van der Waals surface area contributed by atoms with Crippen LogP contribution in [0.2, 0.25) is 0 Å². The van der Waals surface area contributed by atoms with Crippen molar-refractivity contribution in [1.29, 1.82) is 0 Å². The van der Waals surface area contributed by atoms with Crippen molar-refractivity contribution >= 4 is 11.9 Å². The third-order valence-corrected chi connectivity index (χ3v) is 3.15. The summed E-state index contributed by atoms with van der Waals surface area (Å²) in [5, 5.41) is 2.46. The van der Waals surface area contributed by atoms with Crippen LogP contribution in [-0.4, -0.2) is 24.0 Å². The average molecular weight is 283 g/mol. The van der Waals surface area contributed by atoms with Gasteiger partial charge in [0.2, 0.25) is 0 Å². The fraction of sp³-hybridized carbons (Fsp3) is 0.385. The molecule has 5 nitrogen and oxygen atoms in total. The van der Waals surface area contributed by atoms with E-state index in [1.54, 1.807) is 19.1 Å². The highest BCUT2D eigenvalue weighted by Crippen LogP contribution is 2.23. The SMILES string of the molecule is CC1(CCc2ccc(OC(F)F)cc2)N=C(N)NC1=O. The van der Waals surface area contributed by atoms with Gasteiger partial charge >= 0.3 is 6.61 Å². The molecule has 1 aromatic carbocycles. The lowest BCUT2D eigenvalue weighted by molar-refractivity contribution is -0.123. The number of hydrogen-bond acceptors (Lipinski definition) is 4. The van der Waals surface area contributed by atoms with Gasteiger partial charge in [0.15, 0.2) is 5.96 Å². The summed E-state index contributed by atoms with van der Waals surface area (Å²) in [6, 6.07) is 6.30. The smallest absolute Gasteiger partial charge is 0.387 e. The Morgan fingerprint density at radius 1 is 1.40 bits per heavy atom. The number of halogens is 2. The van der Waals surface area contributed by atoms with E-state index in [9.17, 15) is 13.6 Å². The molecule has 1 aromatic rings. The van der Waals surface area contributed by atoms with E-state index in [4.69, 9.17) is 5.73 Å². The zero-order chi connectivity index (χ0) is 14.8. The number of guanidine groups is 1. The zero-order valence-corrected chi connectivity index (χ0v) is 10.9. The largest absolute Gasteiger partial charge is 0.435 e. The lowest BCUT2D eigenvalue weighted by Gasteiger charge is -2.17. The molecule has 20 heavy (non-hydrogen) atoms. The number of nitrogens with zero attached hydrogens (tertiary/aromatic N) is 1. The van der Waals surface area contributed by atoms with Gasteiger partial charge in [-0.1, -0.05) is 12.1 Å². The van der Waals surface area contributed by atoms with Gasteiger partial charge in [-0.25, -0.2) is 4.99 Å². The topological polar surface area (TPSA) is 76.7 Å². The molecule has 1 atom stereocenters. The van der Waals surface area contributed by atoms with E-state index >= 15 is 0 Å². The lowest BCUT2D eigenvalue weighted by Crippen LogP contribution is -2.39. The molecule has 1 heterocycles. The molecule has 0 bridgehead atoms. The minimum Gasteiger partial charge on any atom is -0.435 e. The molecule has 0 saturated heterocycles. The summed E-state index contributed by atoms with van der Waals surface area (Å²) in [6.07, 6.45) is 1.06. The van der Waals surface area contributed by atoms with E-state index < -0.39 is 12.2 Å². The van der Waals surface area contributed by atoms with Gasteiger partial charge in [-0.05, 0) is 37.5 Å². The third kappa shape index (κ3) is 3.23. The highest BCUT2D eigenvalue weighted by Gasteiger charge is 2.37. The number of ether oxygens (including phenoxy) is 1. The Hall–Kier alpha value is -2.18. The monoisotopic (exact) mass is 283 g/mol. The predicted octanol–water partition coefficient (Wildman–Crippen LogP) is 1.42. The first-order chi connectivity index (χ1) is 9.39. The first kappa shape index (κ1) is 14.2. The standard InChI is InChI=1S/C13H15F2N3O2/c1-13(10(19)17-12(16)18-13)7-6-8-2-4-9(5-3-8)20-11(14)15/h2-5,11H,6-7H2,1H3,(H3,16,17,18,19). The third-order valence-electron chi connectivity index (χ3n) is 3.15. The van der Waals surface area contributed by atoms with Gasteiger partial charge in [-0.15, -0.1) is 0 Å². The van der Waals surface area contributed by atoms with Gasteiger partial charge < -0.3 is 10.5 Å². The summed E-state index contributed by atoms with van der Waals surface area (Å²) < 4.78 is 28.3.